The van der Waals surface area contributed by atoms with Gasteiger partial charge in [0, 0.05) is 6.42 Å². The molecule has 33 heavy (non-hydrogen) atoms. The zero-order valence-electron chi connectivity index (χ0n) is 18.1. The number of cyclic esters (lactones) is 1. The van der Waals surface area contributed by atoms with E-state index in [1.807, 2.05) is 25.1 Å². The predicted octanol–water partition coefficient (Wildman–Crippen LogP) is 5.58. The zero-order chi connectivity index (χ0) is 24.2. The van der Waals surface area contributed by atoms with Gasteiger partial charge in [0.25, 0.3) is 0 Å². The minimum Gasteiger partial charge on any atom is -0.439 e. The van der Waals surface area contributed by atoms with Crippen LogP contribution in [-0.2, 0) is 16.0 Å². The highest BCUT2D eigenvalue weighted by Gasteiger charge is 2.43. The van der Waals surface area contributed by atoms with Crippen LogP contribution in [0.1, 0.15) is 41.7 Å². The largest absolute Gasteiger partial charge is 0.573 e. The van der Waals surface area contributed by atoms with E-state index in [-0.39, 0.29) is 6.42 Å². The normalized spacial score (nSPS) is 18.3. The summed E-state index contributed by atoms with van der Waals surface area (Å²) < 4.78 is 46.8. The summed E-state index contributed by atoms with van der Waals surface area (Å²) in [7, 11) is 0. The first-order valence-corrected chi connectivity index (χ1v) is 10.2. The third kappa shape index (κ3) is 5.75. The molecule has 2 aromatic carbocycles. The molecule has 8 heteroatoms. The van der Waals surface area contributed by atoms with Gasteiger partial charge in [-0.15, -0.1) is 19.6 Å². The summed E-state index contributed by atoms with van der Waals surface area (Å²) in [6, 6.07) is 10.2. The van der Waals surface area contributed by atoms with Gasteiger partial charge in [-0.05, 0) is 66.8 Å². The number of allylic oxidation sites excluding steroid dienone is 1. The SMILES string of the molecule is C#C/C=C\c1c(C)cccc1CCC(=O)N1C(=O)O[C@H](c2cccc(OC(F)(F)F)c2)[C@@H]1C. The minimum absolute atomic E-state index is 0.0454. The van der Waals surface area contributed by atoms with Gasteiger partial charge < -0.3 is 9.47 Å². The number of carbonyl (C=O) groups is 2. The van der Waals surface area contributed by atoms with E-state index in [2.05, 4.69) is 10.7 Å². The lowest BCUT2D eigenvalue weighted by Gasteiger charge is -2.20. The average molecular weight is 457 g/mol. The van der Waals surface area contributed by atoms with Crippen LogP contribution in [0.2, 0.25) is 0 Å². The summed E-state index contributed by atoms with van der Waals surface area (Å²) in [4.78, 5) is 26.3. The number of imide groups is 1. The van der Waals surface area contributed by atoms with Gasteiger partial charge >= 0.3 is 12.5 Å². The molecular weight excluding hydrogens is 435 g/mol. The van der Waals surface area contributed by atoms with Crippen LogP contribution in [0.25, 0.3) is 6.08 Å². The maximum absolute atomic E-state index is 12.9. The van der Waals surface area contributed by atoms with E-state index in [0.29, 0.717) is 12.0 Å². The van der Waals surface area contributed by atoms with E-state index >= 15 is 0 Å². The Labute approximate surface area is 189 Å². The molecule has 0 spiro atoms. The van der Waals surface area contributed by atoms with Crippen molar-refractivity contribution in [1.29, 1.82) is 0 Å². The molecule has 2 atom stereocenters. The molecule has 0 aromatic heterocycles. The number of hydrogen-bond acceptors (Lipinski definition) is 4. The third-order valence-electron chi connectivity index (χ3n) is 5.33. The van der Waals surface area contributed by atoms with Crippen molar-refractivity contribution in [3.8, 4) is 18.1 Å². The Kier molecular flexibility index (Phi) is 7.12. The number of nitrogens with zero attached hydrogens (tertiary/aromatic N) is 1. The smallest absolute Gasteiger partial charge is 0.439 e. The molecule has 0 aliphatic carbocycles. The van der Waals surface area contributed by atoms with Gasteiger partial charge in [-0.1, -0.05) is 36.3 Å². The van der Waals surface area contributed by atoms with Crippen LogP contribution in [0.15, 0.2) is 48.5 Å². The minimum atomic E-state index is -4.84. The van der Waals surface area contributed by atoms with Gasteiger partial charge in [-0.3, -0.25) is 4.79 Å². The second kappa shape index (κ2) is 9.82. The molecule has 3 rings (SSSR count). The molecular formula is C25H22F3NO4. The number of ether oxygens (including phenoxy) is 2. The van der Waals surface area contributed by atoms with Gasteiger partial charge in [0.1, 0.15) is 11.9 Å². The van der Waals surface area contributed by atoms with Crippen LogP contribution in [0.4, 0.5) is 18.0 Å². The zero-order valence-corrected chi connectivity index (χ0v) is 18.1. The van der Waals surface area contributed by atoms with Crippen LogP contribution in [0.5, 0.6) is 5.75 Å². The number of alkyl halides is 3. The molecule has 2 aromatic rings. The molecule has 2 amide bonds. The molecule has 1 heterocycles. The van der Waals surface area contributed by atoms with E-state index < -0.39 is 36.3 Å². The Hall–Kier alpha value is -3.73. The Bertz CT molecular complexity index is 1120. The first-order valence-electron chi connectivity index (χ1n) is 10.2. The van der Waals surface area contributed by atoms with Crippen molar-refractivity contribution in [1.82, 2.24) is 4.90 Å². The summed E-state index contributed by atoms with van der Waals surface area (Å²) in [6.45, 7) is 3.54. The molecule has 0 radical (unpaired) electrons. The lowest BCUT2D eigenvalue weighted by Crippen LogP contribution is -2.37. The number of halogens is 3. The van der Waals surface area contributed by atoms with Crippen LogP contribution < -0.4 is 4.74 Å². The molecule has 0 N–H and O–H groups in total. The number of aryl methyl sites for hydroxylation is 2. The van der Waals surface area contributed by atoms with Crippen LogP contribution in [0, 0.1) is 19.3 Å². The number of amides is 2. The molecule has 1 aliphatic heterocycles. The van der Waals surface area contributed by atoms with Crippen LogP contribution in [0.3, 0.4) is 0 Å². The molecule has 0 unspecified atom stereocenters. The van der Waals surface area contributed by atoms with Crippen molar-refractivity contribution in [2.75, 3.05) is 0 Å². The van der Waals surface area contributed by atoms with Crippen molar-refractivity contribution in [2.24, 2.45) is 0 Å². The van der Waals surface area contributed by atoms with Gasteiger partial charge in [0.15, 0.2) is 0 Å². The third-order valence-corrected chi connectivity index (χ3v) is 5.33. The van der Waals surface area contributed by atoms with Crippen LogP contribution in [-0.4, -0.2) is 29.3 Å². The van der Waals surface area contributed by atoms with E-state index in [0.717, 1.165) is 33.7 Å². The standard InChI is InChI=1S/C25H22F3NO4/c1-4-5-12-21-16(2)8-6-9-18(21)13-14-22(30)29-17(3)23(32-24(29)31)19-10-7-11-20(15-19)33-25(26,27)28/h1,5-12,15,17,23H,13-14H2,2-3H3/b12-5-/t17-,23-/m0/s1. The van der Waals surface area contributed by atoms with Crippen LogP contribution >= 0.6 is 0 Å². The fourth-order valence-corrected chi connectivity index (χ4v) is 3.82. The van der Waals surface area contributed by atoms with Gasteiger partial charge in [-0.2, -0.15) is 0 Å². The maximum atomic E-state index is 12.9. The number of hydrogen-bond donors (Lipinski definition) is 0. The predicted molar refractivity (Wildman–Crippen MR) is 116 cm³/mol. The molecule has 1 saturated heterocycles. The fraction of sp³-hybridized carbons (Fsp3) is 0.280. The summed E-state index contributed by atoms with van der Waals surface area (Å²) in [6.07, 6.45) is 2.51. The topological polar surface area (TPSA) is 55.8 Å². The molecule has 172 valence electrons. The van der Waals surface area contributed by atoms with Crippen molar-refractivity contribution < 1.29 is 32.2 Å². The summed E-state index contributed by atoms with van der Waals surface area (Å²) in [5.74, 6) is 1.57. The van der Waals surface area contributed by atoms with E-state index in [9.17, 15) is 22.8 Å². The van der Waals surface area contributed by atoms with E-state index in [1.165, 1.54) is 12.1 Å². The van der Waals surface area contributed by atoms with Crippen molar-refractivity contribution in [2.45, 2.75) is 45.2 Å². The van der Waals surface area contributed by atoms with Crippen molar-refractivity contribution in [3.05, 3.63) is 70.8 Å². The number of carbonyl (C=O) groups excluding carboxylic acids is 2. The maximum Gasteiger partial charge on any atom is 0.573 e. The van der Waals surface area contributed by atoms with Gasteiger partial charge in [0.2, 0.25) is 5.91 Å². The first-order chi connectivity index (χ1) is 15.6. The molecule has 1 aliphatic rings. The van der Waals surface area contributed by atoms with Crippen molar-refractivity contribution in [3.63, 3.8) is 0 Å². The lowest BCUT2D eigenvalue weighted by atomic mass is 9.97. The summed E-state index contributed by atoms with van der Waals surface area (Å²) >= 11 is 0. The Morgan fingerprint density at radius 3 is 2.70 bits per heavy atom. The Balaban J connectivity index is 1.73. The van der Waals surface area contributed by atoms with Gasteiger partial charge in [0.05, 0.1) is 6.04 Å². The first kappa shape index (κ1) is 23.9. The van der Waals surface area contributed by atoms with E-state index in [4.69, 9.17) is 11.2 Å². The summed E-state index contributed by atoms with van der Waals surface area (Å²) in [5, 5.41) is 0. The monoisotopic (exact) mass is 457 g/mol. The Morgan fingerprint density at radius 2 is 2.00 bits per heavy atom. The second-order valence-corrected chi connectivity index (χ2v) is 7.58. The summed E-state index contributed by atoms with van der Waals surface area (Å²) in [5.41, 5.74) is 3.12. The molecule has 5 nitrogen and oxygen atoms in total. The van der Waals surface area contributed by atoms with E-state index in [1.54, 1.807) is 19.1 Å². The Morgan fingerprint density at radius 1 is 1.27 bits per heavy atom. The highest BCUT2D eigenvalue weighted by atomic mass is 19.4. The molecule has 0 bridgehead atoms. The highest BCUT2D eigenvalue weighted by molar-refractivity contribution is 5.94. The van der Waals surface area contributed by atoms with Gasteiger partial charge in [-0.25, -0.2) is 9.69 Å². The quantitative estimate of drug-likeness (QED) is 0.532. The molecule has 0 saturated carbocycles. The molecule has 1 fully saturated rings. The fourth-order valence-electron chi connectivity index (χ4n) is 3.82. The average Bonchev–Trinajstić information content (AvgIpc) is 3.04. The number of rotatable bonds is 6. The lowest BCUT2D eigenvalue weighted by molar-refractivity contribution is -0.274. The number of terminal acetylenes is 1. The number of benzene rings is 2. The highest BCUT2D eigenvalue weighted by Crippen LogP contribution is 2.35. The second-order valence-electron chi connectivity index (χ2n) is 7.58. The van der Waals surface area contributed by atoms with Crippen molar-refractivity contribution >= 4 is 18.1 Å².